The molecule has 6 nitrogen and oxygen atoms in total. The molecule has 2 aliphatic rings. The monoisotopic (exact) mass is 421 g/mol. The molecule has 28 heavy (non-hydrogen) atoms. The Morgan fingerprint density at radius 2 is 2.04 bits per heavy atom. The second kappa shape index (κ2) is 7.72. The van der Waals surface area contributed by atoms with Crippen LogP contribution in [0.4, 0.5) is 5.69 Å². The van der Waals surface area contributed by atoms with E-state index < -0.39 is 9.84 Å². The fourth-order valence-corrected chi connectivity index (χ4v) is 5.98. The molecule has 2 aromatic rings. The van der Waals surface area contributed by atoms with Gasteiger partial charge in [0.05, 0.1) is 27.8 Å². The van der Waals surface area contributed by atoms with Gasteiger partial charge in [0.15, 0.2) is 9.84 Å². The third-order valence-corrected chi connectivity index (χ3v) is 7.87. The van der Waals surface area contributed by atoms with Gasteiger partial charge in [-0.2, -0.15) is 0 Å². The average Bonchev–Trinajstić information content (AvgIpc) is 3.35. The summed E-state index contributed by atoms with van der Waals surface area (Å²) in [6, 6.07) is 6.11. The highest BCUT2D eigenvalue weighted by atomic mass is 32.2. The van der Waals surface area contributed by atoms with Gasteiger partial charge in [0, 0.05) is 37.1 Å². The quantitative estimate of drug-likeness (QED) is 0.748. The third kappa shape index (κ3) is 3.82. The molecule has 1 aromatic heterocycles. The van der Waals surface area contributed by atoms with Crippen molar-refractivity contribution >= 4 is 43.2 Å². The summed E-state index contributed by atoms with van der Waals surface area (Å²) in [7, 11) is -1.29. The van der Waals surface area contributed by atoms with Crippen LogP contribution >= 0.6 is 11.8 Å². The molecular weight excluding hydrogens is 394 g/mol. The summed E-state index contributed by atoms with van der Waals surface area (Å²) in [6.07, 6.45) is 6.59. The topological polar surface area (TPSA) is 83.7 Å². The molecule has 1 saturated carbocycles. The first-order valence-electron chi connectivity index (χ1n) is 9.78. The Hall–Kier alpha value is -1.51. The van der Waals surface area contributed by atoms with Crippen LogP contribution in [0, 0.1) is 0 Å². The van der Waals surface area contributed by atoms with Gasteiger partial charge in [-0.15, -0.1) is 11.8 Å². The second-order valence-corrected chi connectivity index (χ2v) is 10.8. The lowest BCUT2D eigenvalue weighted by Crippen LogP contribution is -2.16. The highest BCUT2D eigenvalue weighted by Gasteiger charge is 2.24. The molecule has 1 atom stereocenters. The first kappa shape index (κ1) is 19.8. The number of thioether (sulfide) groups is 1. The van der Waals surface area contributed by atoms with Gasteiger partial charge in [0.25, 0.3) is 0 Å². The maximum atomic E-state index is 12.2. The molecule has 1 aliphatic carbocycles. The molecule has 2 heterocycles. The van der Waals surface area contributed by atoms with Crippen LogP contribution in [0.25, 0.3) is 10.9 Å². The number of aryl methyl sites for hydroxylation is 1. The zero-order valence-electron chi connectivity index (χ0n) is 16.3. The Morgan fingerprint density at radius 3 is 2.71 bits per heavy atom. The number of fused-ring (bicyclic) bond motifs is 1. The van der Waals surface area contributed by atoms with Gasteiger partial charge in [-0.25, -0.2) is 8.42 Å². The smallest absolute Gasteiger partial charge is 0.175 e. The molecule has 0 radical (unpaired) electrons. The number of aromatic nitrogens is 1. The molecule has 0 spiro atoms. The maximum Gasteiger partial charge on any atom is 0.175 e. The summed E-state index contributed by atoms with van der Waals surface area (Å²) < 4.78 is 26.6. The van der Waals surface area contributed by atoms with Crippen molar-refractivity contribution in [3.63, 3.8) is 0 Å². The number of anilines is 1. The number of hydrogen-bond donors (Lipinski definition) is 2. The van der Waals surface area contributed by atoms with E-state index in [1.165, 1.54) is 19.1 Å². The minimum absolute atomic E-state index is 0.143. The Balaban J connectivity index is 1.82. The van der Waals surface area contributed by atoms with E-state index in [-0.39, 0.29) is 12.6 Å². The zero-order chi connectivity index (χ0) is 19.9. The van der Waals surface area contributed by atoms with Gasteiger partial charge >= 0.3 is 0 Å². The Labute approximate surface area is 170 Å². The van der Waals surface area contributed by atoms with Crippen molar-refractivity contribution in [3.8, 4) is 0 Å². The predicted molar refractivity (Wildman–Crippen MR) is 116 cm³/mol. The molecule has 1 fully saturated rings. The molecule has 8 heteroatoms. The predicted octanol–water partition coefficient (Wildman–Crippen LogP) is 3.18. The lowest BCUT2D eigenvalue weighted by Gasteiger charge is -2.17. The Kier molecular flexibility index (Phi) is 5.46. The van der Waals surface area contributed by atoms with Crippen molar-refractivity contribution in [2.75, 3.05) is 23.9 Å². The van der Waals surface area contributed by atoms with Crippen molar-refractivity contribution in [1.29, 1.82) is 0 Å². The molecule has 0 bridgehead atoms. The summed E-state index contributed by atoms with van der Waals surface area (Å²) in [4.78, 5) is 5.11. The van der Waals surface area contributed by atoms with Crippen LogP contribution in [0.15, 0.2) is 28.1 Å². The number of aliphatic hydroxyl groups excluding tert-OH is 1. The van der Waals surface area contributed by atoms with Crippen LogP contribution in [0.2, 0.25) is 0 Å². The number of rotatable bonds is 6. The molecular formula is C20H27N3O3S2. The van der Waals surface area contributed by atoms with E-state index in [2.05, 4.69) is 9.88 Å². The van der Waals surface area contributed by atoms with Gasteiger partial charge < -0.3 is 15.0 Å². The van der Waals surface area contributed by atoms with Crippen LogP contribution in [0.3, 0.4) is 0 Å². The standard InChI is InChI=1S/C20H27N3O3S2/c1-23-18(20-22-15(7-8-24)12-27-20)10-13-9-16(28(2,25)26)11-17(19(13)23)21-14-5-3-4-6-14/h9-11,14-15,21,24H,3-8,12H2,1-2H3/t15-/m1/s1. The van der Waals surface area contributed by atoms with Crippen molar-refractivity contribution in [1.82, 2.24) is 4.57 Å². The SMILES string of the molecule is Cn1c(C2=N[C@H](CCO)CS2)cc2cc(S(C)(=O)=O)cc(NC3CCCC3)c21. The molecule has 0 unspecified atom stereocenters. The molecule has 1 aliphatic heterocycles. The highest BCUT2D eigenvalue weighted by molar-refractivity contribution is 8.14. The van der Waals surface area contributed by atoms with Gasteiger partial charge in [-0.1, -0.05) is 12.8 Å². The number of aliphatic hydroxyl groups is 1. The van der Waals surface area contributed by atoms with E-state index in [1.807, 2.05) is 13.1 Å². The molecule has 1 aromatic carbocycles. The summed E-state index contributed by atoms with van der Waals surface area (Å²) in [5.74, 6) is 0.874. The van der Waals surface area contributed by atoms with E-state index in [0.29, 0.717) is 17.4 Å². The van der Waals surface area contributed by atoms with Crippen LogP contribution < -0.4 is 5.32 Å². The first-order valence-corrected chi connectivity index (χ1v) is 12.7. The number of aliphatic imine (C=N–C) groups is 1. The highest BCUT2D eigenvalue weighted by Crippen LogP contribution is 2.35. The lowest BCUT2D eigenvalue weighted by molar-refractivity contribution is 0.280. The van der Waals surface area contributed by atoms with E-state index in [9.17, 15) is 13.5 Å². The number of nitrogens with zero attached hydrogens (tertiary/aromatic N) is 2. The first-order chi connectivity index (χ1) is 13.4. The normalized spacial score (nSPS) is 20.8. The van der Waals surface area contributed by atoms with Crippen LogP contribution in [-0.2, 0) is 16.9 Å². The summed E-state index contributed by atoms with van der Waals surface area (Å²) in [6.45, 7) is 0.143. The largest absolute Gasteiger partial charge is 0.396 e. The molecule has 0 saturated heterocycles. The van der Waals surface area contributed by atoms with E-state index >= 15 is 0 Å². The van der Waals surface area contributed by atoms with Crippen LogP contribution in [0.1, 0.15) is 37.8 Å². The van der Waals surface area contributed by atoms with Gasteiger partial charge in [0.1, 0.15) is 5.04 Å². The van der Waals surface area contributed by atoms with E-state index in [0.717, 1.165) is 45.9 Å². The van der Waals surface area contributed by atoms with Crippen molar-refractivity contribution < 1.29 is 13.5 Å². The maximum absolute atomic E-state index is 12.2. The minimum Gasteiger partial charge on any atom is -0.396 e. The molecule has 4 rings (SSSR count). The fraction of sp³-hybridized carbons (Fsp3) is 0.550. The van der Waals surface area contributed by atoms with Gasteiger partial charge in [-0.05, 0) is 37.5 Å². The lowest BCUT2D eigenvalue weighted by atomic mass is 10.2. The van der Waals surface area contributed by atoms with Gasteiger partial charge in [-0.3, -0.25) is 4.99 Å². The van der Waals surface area contributed by atoms with E-state index in [1.54, 1.807) is 23.9 Å². The number of benzene rings is 1. The minimum atomic E-state index is -3.30. The summed E-state index contributed by atoms with van der Waals surface area (Å²) in [5.41, 5.74) is 2.90. The third-order valence-electron chi connectivity index (χ3n) is 5.64. The average molecular weight is 422 g/mol. The summed E-state index contributed by atoms with van der Waals surface area (Å²) >= 11 is 1.70. The Bertz CT molecular complexity index is 1020. The Morgan fingerprint density at radius 1 is 1.29 bits per heavy atom. The molecule has 0 amide bonds. The fourth-order valence-electron chi connectivity index (χ4n) is 4.15. The van der Waals surface area contributed by atoms with Crippen molar-refractivity contribution in [3.05, 3.63) is 23.9 Å². The number of hydrogen-bond acceptors (Lipinski definition) is 6. The van der Waals surface area contributed by atoms with Gasteiger partial charge in [0.2, 0.25) is 0 Å². The zero-order valence-corrected chi connectivity index (χ0v) is 17.9. The van der Waals surface area contributed by atoms with Crippen LogP contribution in [0.5, 0.6) is 0 Å². The molecule has 2 N–H and O–H groups in total. The second-order valence-electron chi connectivity index (χ2n) is 7.81. The van der Waals surface area contributed by atoms with Crippen molar-refractivity contribution in [2.24, 2.45) is 12.0 Å². The number of nitrogens with one attached hydrogen (secondary N) is 1. The van der Waals surface area contributed by atoms with E-state index in [4.69, 9.17) is 4.99 Å². The summed E-state index contributed by atoms with van der Waals surface area (Å²) in [5, 5.41) is 14.7. The number of sulfone groups is 1. The van der Waals surface area contributed by atoms with Crippen LogP contribution in [-0.4, -0.2) is 53.8 Å². The van der Waals surface area contributed by atoms with Crippen molar-refractivity contribution in [2.45, 2.75) is 49.1 Å². The molecule has 152 valence electrons.